The average molecular weight is 659 g/mol. The van der Waals surface area contributed by atoms with Gasteiger partial charge in [0, 0.05) is 16.4 Å². The second-order valence-corrected chi connectivity index (χ2v) is 12.8. The third kappa shape index (κ3) is 7.31. The Bertz CT molecular complexity index is 1610. The van der Waals surface area contributed by atoms with Crippen LogP contribution in [0, 0.1) is 0 Å². The Kier molecular flexibility index (Phi) is 9.97. The summed E-state index contributed by atoms with van der Waals surface area (Å²) in [5, 5.41) is 17.5. The number of nitrogens with one attached hydrogen (secondary N) is 1. The highest BCUT2D eigenvalue weighted by Crippen LogP contribution is 2.44. The van der Waals surface area contributed by atoms with Gasteiger partial charge in [0.2, 0.25) is 0 Å². The molecule has 0 spiro atoms. The van der Waals surface area contributed by atoms with Crippen LogP contribution in [0.3, 0.4) is 0 Å². The highest BCUT2D eigenvalue weighted by Gasteiger charge is 2.50. The number of alkyl carbamates (subject to hydrolysis) is 1. The number of aliphatic hydroxyl groups is 1. The quantitative estimate of drug-likeness (QED) is 0.137. The number of nitrogens with zero attached hydrogens (tertiary/aromatic N) is 3. The van der Waals surface area contributed by atoms with Crippen LogP contribution in [0.25, 0.3) is 21.6 Å². The maximum Gasteiger partial charge on any atom is 0.407 e. The number of benzene rings is 3. The van der Waals surface area contributed by atoms with Gasteiger partial charge in [-0.1, -0.05) is 84.0 Å². The molecule has 1 aliphatic carbocycles. The number of esters is 1. The van der Waals surface area contributed by atoms with Crippen molar-refractivity contribution in [3.05, 3.63) is 106 Å². The van der Waals surface area contributed by atoms with E-state index in [0.29, 0.717) is 0 Å². The SMILES string of the molecule is CC(C)(C)OC(=O)[C@H](CO[C@H]1O[C@@H]2CO[C@@H](c3ccccc3)O[C@@H]2[C@H](O)[C@H]1N=[N+]=[N-])NC(=O)OCC1c2ccccc2-c2ccccc21. The smallest absolute Gasteiger partial charge is 0.407 e. The topological polar surface area (TPSA) is 171 Å². The number of hydrogen-bond acceptors (Lipinski definition) is 10. The molecule has 2 heterocycles. The van der Waals surface area contributed by atoms with Crippen molar-refractivity contribution in [2.75, 3.05) is 19.8 Å². The molecule has 1 amide bonds. The lowest BCUT2D eigenvalue weighted by atomic mass is 9.96. The standard InChI is InChI=1S/C35H38N4O9/c1-35(2,3)48-31(41)26(37-34(42)45-17-25-23-15-9-7-13-21(23)22-14-8-10-16-24(22)25)18-43-33-28(38-39-36)29(40)30-27(46-33)19-44-32(47-30)20-11-5-4-6-12-20/h4-16,25-30,32-33,40H,17-19H2,1-3H3,(H,37,42)/t26-,27+,28+,29+,30-,32+,33-/m0/s1. The van der Waals surface area contributed by atoms with Crippen molar-refractivity contribution in [1.82, 2.24) is 5.32 Å². The minimum absolute atomic E-state index is 0.0334. The first-order valence-electron chi connectivity index (χ1n) is 15.8. The summed E-state index contributed by atoms with van der Waals surface area (Å²) in [6.07, 6.45) is -5.90. The average Bonchev–Trinajstić information content (AvgIpc) is 3.40. The van der Waals surface area contributed by atoms with Crippen LogP contribution in [-0.2, 0) is 33.2 Å². The van der Waals surface area contributed by atoms with Crippen LogP contribution in [0.5, 0.6) is 0 Å². The van der Waals surface area contributed by atoms with Gasteiger partial charge in [0.05, 0.1) is 19.3 Å². The number of carbonyl (C=O) groups is 2. The summed E-state index contributed by atoms with van der Waals surface area (Å²) in [4.78, 5) is 29.2. The summed E-state index contributed by atoms with van der Waals surface area (Å²) in [7, 11) is 0. The molecule has 6 rings (SSSR count). The van der Waals surface area contributed by atoms with Gasteiger partial charge in [0.15, 0.2) is 18.6 Å². The van der Waals surface area contributed by atoms with Crippen LogP contribution in [0.1, 0.15) is 49.7 Å². The van der Waals surface area contributed by atoms with Gasteiger partial charge in [-0.3, -0.25) is 0 Å². The zero-order valence-electron chi connectivity index (χ0n) is 26.8. The van der Waals surface area contributed by atoms with Gasteiger partial charge in [0.25, 0.3) is 0 Å². The summed E-state index contributed by atoms with van der Waals surface area (Å²) in [6.45, 7) is 4.73. The fraction of sp³-hybridized carbons (Fsp3) is 0.429. The molecule has 7 atom stereocenters. The van der Waals surface area contributed by atoms with Gasteiger partial charge < -0.3 is 38.8 Å². The summed E-state index contributed by atoms with van der Waals surface area (Å²) < 4.78 is 35.0. The lowest BCUT2D eigenvalue weighted by Gasteiger charge is -2.46. The zero-order valence-corrected chi connectivity index (χ0v) is 26.8. The molecule has 3 aromatic carbocycles. The van der Waals surface area contributed by atoms with Crippen LogP contribution in [-0.4, -0.2) is 79.3 Å². The highest BCUT2D eigenvalue weighted by molar-refractivity contribution is 5.82. The molecule has 2 fully saturated rings. The predicted octanol–water partition coefficient (Wildman–Crippen LogP) is 5.13. The van der Waals surface area contributed by atoms with Gasteiger partial charge in [-0.15, -0.1) is 0 Å². The van der Waals surface area contributed by atoms with E-state index in [1.807, 2.05) is 78.9 Å². The van der Waals surface area contributed by atoms with Crippen LogP contribution in [0.15, 0.2) is 84.0 Å². The minimum Gasteiger partial charge on any atom is -0.458 e. The van der Waals surface area contributed by atoms with Gasteiger partial charge >= 0.3 is 12.1 Å². The maximum absolute atomic E-state index is 13.2. The first-order chi connectivity index (χ1) is 23.1. The summed E-state index contributed by atoms with van der Waals surface area (Å²) in [5.74, 6) is -0.962. The van der Waals surface area contributed by atoms with Crippen molar-refractivity contribution < 1.29 is 43.1 Å². The van der Waals surface area contributed by atoms with Crippen LogP contribution in [0.4, 0.5) is 4.79 Å². The van der Waals surface area contributed by atoms with E-state index < -0.39 is 67.2 Å². The molecular weight excluding hydrogens is 620 g/mol. The van der Waals surface area contributed by atoms with Crippen LogP contribution in [0.2, 0.25) is 0 Å². The summed E-state index contributed by atoms with van der Waals surface area (Å²) in [5.41, 5.74) is 13.4. The number of rotatable bonds is 9. The molecule has 0 radical (unpaired) electrons. The van der Waals surface area contributed by atoms with E-state index in [2.05, 4.69) is 15.3 Å². The lowest BCUT2D eigenvalue weighted by molar-refractivity contribution is -0.342. The first-order valence-corrected chi connectivity index (χ1v) is 15.8. The molecule has 2 N–H and O–H groups in total. The minimum atomic E-state index is -1.33. The van der Waals surface area contributed by atoms with Crippen molar-refractivity contribution in [2.45, 2.75) is 75.3 Å². The maximum atomic E-state index is 13.2. The second kappa shape index (κ2) is 14.3. The van der Waals surface area contributed by atoms with E-state index in [9.17, 15) is 20.2 Å². The molecule has 2 saturated heterocycles. The number of amides is 1. The fourth-order valence-corrected chi connectivity index (χ4v) is 6.19. The summed E-state index contributed by atoms with van der Waals surface area (Å²) in [6, 6.07) is 22.5. The largest absolute Gasteiger partial charge is 0.458 e. The molecule has 2 aliphatic heterocycles. The summed E-state index contributed by atoms with van der Waals surface area (Å²) >= 11 is 0. The van der Waals surface area contributed by atoms with Crippen molar-refractivity contribution >= 4 is 12.1 Å². The predicted molar refractivity (Wildman–Crippen MR) is 171 cm³/mol. The molecule has 0 bridgehead atoms. The Morgan fingerprint density at radius 2 is 1.65 bits per heavy atom. The van der Waals surface area contributed by atoms with Gasteiger partial charge in [0.1, 0.15) is 30.5 Å². The number of fused-ring (bicyclic) bond motifs is 4. The molecule has 3 aliphatic rings. The number of carbonyl (C=O) groups excluding carboxylic acids is 2. The van der Waals surface area contributed by atoms with E-state index in [0.717, 1.165) is 27.8 Å². The Labute approximate surface area is 277 Å². The van der Waals surface area contributed by atoms with E-state index >= 15 is 0 Å². The Morgan fingerprint density at radius 3 is 2.29 bits per heavy atom. The zero-order chi connectivity index (χ0) is 33.8. The van der Waals surface area contributed by atoms with E-state index in [1.165, 1.54) is 0 Å². The van der Waals surface area contributed by atoms with Crippen LogP contribution < -0.4 is 5.32 Å². The molecule has 48 heavy (non-hydrogen) atoms. The van der Waals surface area contributed by atoms with E-state index in [-0.39, 0.29) is 19.1 Å². The Hall–Kier alpha value is -4.49. The van der Waals surface area contributed by atoms with Crippen molar-refractivity contribution in [3.8, 4) is 11.1 Å². The number of aliphatic hydroxyl groups excluding tert-OH is 1. The third-order valence-electron chi connectivity index (χ3n) is 8.34. The second-order valence-electron chi connectivity index (χ2n) is 12.8. The normalized spacial score (nSPS) is 25.4. The molecule has 252 valence electrons. The molecule has 13 heteroatoms. The number of hydrogen-bond donors (Lipinski definition) is 2. The molecule has 0 unspecified atom stereocenters. The fourth-order valence-electron chi connectivity index (χ4n) is 6.19. The van der Waals surface area contributed by atoms with Gasteiger partial charge in [-0.05, 0) is 48.6 Å². The third-order valence-corrected chi connectivity index (χ3v) is 8.34. The van der Waals surface area contributed by atoms with Crippen LogP contribution >= 0.6 is 0 Å². The Balaban J connectivity index is 1.12. The first kappa shape index (κ1) is 33.4. The van der Waals surface area contributed by atoms with Gasteiger partial charge in [-0.25, -0.2) is 9.59 Å². The van der Waals surface area contributed by atoms with E-state index in [4.69, 9.17) is 28.4 Å². The molecule has 0 aromatic heterocycles. The molecule has 13 nitrogen and oxygen atoms in total. The molecular formula is C35H38N4O9. The van der Waals surface area contributed by atoms with Crippen molar-refractivity contribution in [3.63, 3.8) is 0 Å². The number of azide groups is 1. The monoisotopic (exact) mass is 658 g/mol. The highest BCUT2D eigenvalue weighted by atomic mass is 16.7. The van der Waals surface area contributed by atoms with Gasteiger partial charge in [-0.2, -0.15) is 0 Å². The lowest BCUT2D eigenvalue weighted by Crippen LogP contribution is -2.62. The van der Waals surface area contributed by atoms with Crippen molar-refractivity contribution in [1.29, 1.82) is 0 Å². The van der Waals surface area contributed by atoms with Crippen molar-refractivity contribution in [2.24, 2.45) is 5.11 Å². The Morgan fingerprint density at radius 1 is 1.00 bits per heavy atom. The molecule has 0 saturated carbocycles. The molecule has 3 aromatic rings. The number of ether oxygens (including phenoxy) is 6. The van der Waals surface area contributed by atoms with E-state index in [1.54, 1.807) is 20.8 Å².